The SMILES string of the molecule is COc1ccc(OC)c(S(=O)(=O)NCc2cccc(C)c2)c1. The van der Waals surface area contributed by atoms with Crippen LogP contribution in [0.1, 0.15) is 11.1 Å². The second-order valence-corrected chi connectivity index (χ2v) is 6.57. The highest BCUT2D eigenvalue weighted by molar-refractivity contribution is 7.89. The van der Waals surface area contributed by atoms with Crippen LogP contribution < -0.4 is 14.2 Å². The maximum absolute atomic E-state index is 12.5. The van der Waals surface area contributed by atoms with Gasteiger partial charge in [-0.05, 0) is 24.6 Å². The molecule has 0 spiro atoms. The van der Waals surface area contributed by atoms with Crippen molar-refractivity contribution in [3.05, 3.63) is 53.6 Å². The van der Waals surface area contributed by atoms with Crippen molar-refractivity contribution in [3.8, 4) is 11.5 Å². The van der Waals surface area contributed by atoms with Crippen LogP contribution in [0.4, 0.5) is 0 Å². The number of ether oxygens (including phenoxy) is 2. The molecule has 0 unspecified atom stereocenters. The molecule has 1 N–H and O–H groups in total. The molecule has 0 aliphatic rings. The van der Waals surface area contributed by atoms with Crippen molar-refractivity contribution in [3.63, 3.8) is 0 Å². The highest BCUT2D eigenvalue weighted by atomic mass is 32.2. The van der Waals surface area contributed by atoms with E-state index in [4.69, 9.17) is 9.47 Å². The molecular formula is C16H19NO4S. The second kappa shape index (κ2) is 6.81. The zero-order chi connectivity index (χ0) is 16.2. The molecule has 0 aromatic heterocycles. The average Bonchev–Trinajstić information content (AvgIpc) is 2.52. The average molecular weight is 321 g/mol. The number of aryl methyl sites for hydroxylation is 1. The lowest BCUT2D eigenvalue weighted by Gasteiger charge is -2.12. The summed E-state index contributed by atoms with van der Waals surface area (Å²) in [5.74, 6) is 0.731. The Morgan fingerprint density at radius 2 is 1.82 bits per heavy atom. The zero-order valence-corrected chi connectivity index (χ0v) is 13.6. The molecule has 2 rings (SSSR count). The van der Waals surface area contributed by atoms with Gasteiger partial charge in [-0.1, -0.05) is 29.8 Å². The first-order valence-corrected chi connectivity index (χ1v) is 8.22. The topological polar surface area (TPSA) is 64.6 Å². The third-order valence-electron chi connectivity index (χ3n) is 3.21. The lowest BCUT2D eigenvalue weighted by molar-refractivity contribution is 0.392. The fraction of sp³-hybridized carbons (Fsp3) is 0.250. The Morgan fingerprint density at radius 1 is 1.05 bits per heavy atom. The first kappa shape index (κ1) is 16.3. The molecule has 0 radical (unpaired) electrons. The maximum Gasteiger partial charge on any atom is 0.244 e. The van der Waals surface area contributed by atoms with Crippen molar-refractivity contribution in [2.45, 2.75) is 18.4 Å². The lowest BCUT2D eigenvalue weighted by atomic mass is 10.1. The molecule has 0 atom stereocenters. The van der Waals surface area contributed by atoms with E-state index in [1.54, 1.807) is 12.1 Å². The lowest BCUT2D eigenvalue weighted by Crippen LogP contribution is -2.23. The smallest absolute Gasteiger partial charge is 0.244 e. The van der Waals surface area contributed by atoms with E-state index in [1.165, 1.54) is 20.3 Å². The Morgan fingerprint density at radius 3 is 2.45 bits per heavy atom. The van der Waals surface area contributed by atoms with Crippen LogP contribution in [0.2, 0.25) is 0 Å². The zero-order valence-electron chi connectivity index (χ0n) is 12.8. The summed E-state index contributed by atoms with van der Waals surface area (Å²) in [5, 5.41) is 0. The standard InChI is InChI=1S/C16H19NO4S/c1-12-5-4-6-13(9-12)11-17-22(18,19)16-10-14(20-2)7-8-15(16)21-3/h4-10,17H,11H2,1-3H3. The fourth-order valence-corrected chi connectivity index (χ4v) is 3.27. The minimum Gasteiger partial charge on any atom is -0.497 e. The molecular weight excluding hydrogens is 302 g/mol. The van der Waals surface area contributed by atoms with Crippen molar-refractivity contribution >= 4 is 10.0 Å². The number of methoxy groups -OCH3 is 2. The molecule has 0 fully saturated rings. The molecule has 0 aliphatic heterocycles. The summed E-state index contributed by atoms with van der Waals surface area (Å²) in [6.45, 7) is 2.17. The third-order valence-corrected chi connectivity index (χ3v) is 4.63. The predicted molar refractivity (Wildman–Crippen MR) is 84.8 cm³/mol. The molecule has 118 valence electrons. The summed E-state index contributed by atoms with van der Waals surface area (Å²) >= 11 is 0. The monoisotopic (exact) mass is 321 g/mol. The summed E-state index contributed by atoms with van der Waals surface area (Å²) in [6, 6.07) is 12.3. The first-order chi connectivity index (χ1) is 10.5. The van der Waals surface area contributed by atoms with Gasteiger partial charge in [0.15, 0.2) is 0 Å². The van der Waals surface area contributed by atoms with Crippen molar-refractivity contribution in [1.29, 1.82) is 0 Å². The van der Waals surface area contributed by atoms with Crippen molar-refractivity contribution in [1.82, 2.24) is 4.72 Å². The molecule has 0 amide bonds. The van der Waals surface area contributed by atoms with Gasteiger partial charge in [0.25, 0.3) is 0 Å². The van der Waals surface area contributed by atoms with E-state index in [-0.39, 0.29) is 17.2 Å². The Bertz CT molecular complexity index is 756. The highest BCUT2D eigenvalue weighted by Crippen LogP contribution is 2.28. The Kier molecular flexibility index (Phi) is 5.05. The van der Waals surface area contributed by atoms with Gasteiger partial charge in [0.2, 0.25) is 10.0 Å². The van der Waals surface area contributed by atoms with E-state index in [0.29, 0.717) is 5.75 Å². The van der Waals surface area contributed by atoms with Gasteiger partial charge in [-0.3, -0.25) is 0 Å². The highest BCUT2D eigenvalue weighted by Gasteiger charge is 2.20. The second-order valence-electron chi connectivity index (χ2n) is 4.83. The van der Waals surface area contributed by atoms with Crippen LogP contribution in [0.25, 0.3) is 0 Å². The van der Waals surface area contributed by atoms with Crippen LogP contribution in [-0.4, -0.2) is 22.6 Å². The molecule has 22 heavy (non-hydrogen) atoms. The van der Waals surface area contributed by atoms with Gasteiger partial charge in [-0.2, -0.15) is 0 Å². The van der Waals surface area contributed by atoms with Crippen LogP contribution in [0.15, 0.2) is 47.4 Å². The van der Waals surface area contributed by atoms with Gasteiger partial charge in [-0.25, -0.2) is 13.1 Å². The van der Waals surface area contributed by atoms with Gasteiger partial charge in [-0.15, -0.1) is 0 Å². The first-order valence-electron chi connectivity index (χ1n) is 6.73. The van der Waals surface area contributed by atoms with E-state index in [0.717, 1.165) is 11.1 Å². The number of benzene rings is 2. The normalized spacial score (nSPS) is 11.2. The van der Waals surface area contributed by atoms with Crippen LogP contribution in [0, 0.1) is 6.92 Å². The largest absolute Gasteiger partial charge is 0.497 e. The summed E-state index contributed by atoms with van der Waals surface area (Å²) in [5.41, 5.74) is 1.97. The van der Waals surface area contributed by atoms with Crippen molar-refractivity contribution in [2.75, 3.05) is 14.2 Å². The van der Waals surface area contributed by atoms with Crippen molar-refractivity contribution < 1.29 is 17.9 Å². The minimum atomic E-state index is -3.70. The van der Waals surface area contributed by atoms with Crippen molar-refractivity contribution in [2.24, 2.45) is 0 Å². The van der Waals surface area contributed by atoms with Gasteiger partial charge >= 0.3 is 0 Å². The number of hydrogen-bond donors (Lipinski definition) is 1. The predicted octanol–water partition coefficient (Wildman–Crippen LogP) is 2.49. The van der Waals surface area contributed by atoms with Gasteiger partial charge in [0.05, 0.1) is 14.2 Å². The molecule has 0 saturated carbocycles. The van der Waals surface area contributed by atoms with Crippen LogP contribution >= 0.6 is 0 Å². The van der Waals surface area contributed by atoms with E-state index < -0.39 is 10.0 Å². The molecule has 0 saturated heterocycles. The molecule has 2 aromatic carbocycles. The summed E-state index contributed by atoms with van der Waals surface area (Å²) in [4.78, 5) is 0.0574. The van der Waals surface area contributed by atoms with E-state index in [2.05, 4.69) is 4.72 Å². The summed E-state index contributed by atoms with van der Waals surface area (Å²) in [6.07, 6.45) is 0. The molecule has 0 heterocycles. The molecule has 6 heteroatoms. The quantitative estimate of drug-likeness (QED) is 0.888. The molecule has 0 bridgehead atoms. The number of rotatable bonds is 6. The van der Waals surface area contributed by atoms with E-state index in [9.17, 15) is 8.42 Å². The molecule has 5 nitrogen and oxygen atoms in total. The number of hydrogen-bond acceptors (Lipinski definition) is 4. The maximum atomic E-state index is 12.5. The molecule has 0 aliphatic carbocycles. The van der Waals surface area contributed by atoms with Gasteiger partial charge < -0.3 is 9.47 Å². The fourth-order valence-electron chi connectivity index (χ4n) is 2.07. The van der Waals surface area contributed by atoms with Gasteiger partial charge in [0, 0.05) is 12.6 Å². The van der Waals surface area contributed by atoms with Crippen LogP contribution in [0.5, 0.6) is 11.5 Å². The van der Waals surface area contributed by atoms with E-state index >= 15 is 0 Å². The Labute approximate surface area is 130 Å². The van der Waals surface area contributed by atoms with Gasteiger partial charge in [0.1, 0.15) is 16.4 Å². The Balaban J connectivity index is 2.26. The minimum absolute atomic E-state index is 0.0574. The number of sulfonamides is 1. The summed E-state index contributed by atoms with van der Waals surface area (Å²) in [7, 11) is -0.785. The third kappa shape index (κ3) is 3.78. The van der Waals surface area contributed by atoms with Crippen LogP contribution in [0.3, 0.4) is 0 Å². The Hall–Kier alpha value is -2.05. The number of nitrogens with one attached hydrogen (secondary N) is 1. The molecule has 2 aromatic rings. The van der Waals surface area contributed by atoms with Crippen LogP contribution in [-0.2, 0) is 16.6 Å². The van der Waals surface area contributed by atoms with E-state index in [1.807, 2.05) is 31.2 Å². The summed E-state index contributed by atoms with van der Waals surface area (Å²) < 4.78 is 37.8.